The van der Waals surface area contributed by atoms with Crippen molar-refractivity contribution in [2.75, 3.05) is 0 Å². The highest BCUT2D eigenvalue weighted by molar-refractivity contribution is 6.42. The second-order valence-electron chi connectivity index (χ2n) is 2.21. The minimum atomic E-state index is -1.11. The van der Waals surface area contributed by atoms with Crippen LogP contribution >= 0.6 is 11.6 Å². The van der Waals surface area contributed by atoms with Gasteiger partial charge in [-0.15, -0.1) is 0 Å². The van der Waals surface area contributed by atoms with Gasteiger partial charge in [0.05, 0.1) is 0 Å². The van der Waals surface area contributed by atoms with Gasteiger partial charge in [-0.25, -0.2) is 4.79 Å². The molecule has 0 saturated heterocycles. The molecule has 2 nitrogen and oxygen atoms in total. The zero-order valence-corrected chi connectivity index (χ0v) is 6.95. The van der Waals surface area contributed by atoms with Gasteiger partial charge < -0.3 is 5.11 Å². The van der Waals surface area contributed by atoms with Gasteiger partial charge >= 0.3 is 5.97 Å². The summed E-state index contributed by atoms with van der Waals surface area (Å²) in [5, 5.41) is 8.26. The van der Waals surface area contributed by atoms with Crippen LogP contribution in [-0.4, -0.2) is 11.1 Å². The molecule has 0 aliphatic rings. The van der Waals surface area contributed by atoms with E-state index in [1.54, 1.807) is 12.1 Å². The number of hydrogen-bond donors (Lipinski definition) is 1. The molecule has 12 heavy (non-hydrogen) atoms. The molecule has 62 valence electrons. The van der Waals surface area contributed by atoms with Gasteiger partial charge in [0.2, 0.25) is 0 Å². The maximum absolute atomic E-state index is 10.3. The molecule has 0 saturated carbocycles. The van der Waals surface area contributed by atoms with E-state index in [-0.39, 0.29) is 5.03 Å². The van der Waals surface area contributed by atoms with Gasteiger partial charge in [0, 0.05) is 0 Å². The van der Waals surface area contributed by atoms with Gasteiger partial charge in [0.15, 0.2) is 0 Å². The van der Waals surface area contributed by atoms with Crippen molar-refractivity contribution in [3.05, 3.63) is 40.9 Å². The van der Waals surface area contributed by atoms with Crippen molar-refractivity contribution in [1.82, 2.24) is 0 Å². The van der Waals surface area contributed by atoms with E-state index >= 15 is 0 Å². The van der Waals surface area contributed by atoms with Crippen molar-refractivity contribution in [2.24, 2.45) is 0 Å². The van der Waals surface area contributed by atoms with Crippen LogP contribution in [0.4, 0.5) is 0 Å². The van der Waals surface area contributed by atoms with Crippen LogP contribution in [0.5, 0.6) is 0 Å². The highest BCUT2D eigenvalue weighted by atomic mass is 35.5. The molecule has 0 aromatic heterocycles. The number of halogens is 1. The predicted octanol–water partition coefficient (Wildman–Crippen LogP) is 2.35. The van der Waals surface area contributed by atoms with E-state index in [4.69, 9.17) is 16.7 Å². The lowest BCUT2D eigenvalue weighted by molar-refractivity contribution is -0.131. The first kappa shape index (κ1) is 8.81. The molecule has 0 atom stereocenters. The Labute approximate surface area is 75.1 Å². The van der Waals surface area contributed by atoms with Crippen LogP contribution in [-0.2, 0) is 4.79 Å². The first-order valence-corrected chi connectivity index (χ1v) is 3.73. The minimum absolute atomic E-state index is 0.179. The summed E-state index contributed by atoms with van der Waals surface area (Å²) in [6.45, 7) is 0. The Morgan fingerprint density at radius 2 is 1.92 bits per heavy atom. The molecule has 0 bridgehead atoms. The van der Waals surface area contributed by atoms with Crippen molar-refractivity contribution in [1.29, 1.82) is 0 Å². The summed E-state index contributed by atoms with van der Waals surface area (Å²) in [7, 11) is 0. The van der Waals surface area contributed by atoms with E-state index in [0.717, 1.165) is 5.56 Å². The van der Waals surface area contributed by atoms with Crippen LogP contribution < -0.4 is 0 Å². The van der Waals surface area contributed by atoms with E-state index < -0.39 is 5.97 Å². The van der Waals surface area contributed by atoms with Gasteiger partial charge in [-0.3, -0.25) is 0 Å². The number of hydrogen-bond acceptors (Lipinski definition) is 1. The number of carboxylic acid groups (broad SMARTS) is 1. The molecule has 3 heteroatoms. The topological polar surface area (TPSA) is 37.3 Å². The third-order valence-electron chi connectivity index (χ3n) is 1.30. The van der Waals surface area contributed by atoms with E-state index in [2.05, 4.69) is 0 Å². The van der Waals surface area contributed by atoms with Crippen LogP contribution in [0, 0.1) is 0 Å². The molecule has 1 rings (SSSR count). The summed E-state index contributed by atoms with van der Waals surface area (Å²) in [6.07, 6.45) is 1.41. The first-order chi connectivity index (χ1) is 5.70. The molecule has 0 radical (unpaired) electrons. The van der Waals surface area contributed by atoms with Crippen molar-refractivity contribution >= 4 is 23.6 Å². The Bertz CT molecular complexity index is 304. The third kappa shape index (κ3) is 2.40. The van der Waals surface area contributed by atoms with Gasteiger partial charge in [0.1, 0.15) is 5.03 Å². The van der Waals surface area contributed by atoms with E-state index in [1.807, 2.05) is 18.2 Å². The number of rotatable bonds is 2. The first-order valence-electron chi connectivity index (χ1n) is 3.35. The molecule has 0 amide bonds. The molecule has 0 fully saturated rings. The van der Waals surface area contributed by atoms with Crippen LogP contribution in [0.1, 0.15) is 5.56 Å². The molecular formula is C9H7ClO2. The standard InChI is InChI=1S/C9H7ClO2/c10-8(9(11)12)6-7-4-2-1-3-5-7/h1-6H,(H,11,12)/b8-6-. The lowest BCUT2D eigenvalue weighted by atomic mass is 10.2. The molecule has 0 aliphatic heterocycles. The van der Waals surface area contributed by atoms with Crippen LogP contribution in [0.2, 0.25) is 0 Å². The van der Waals surface area contributed by atoms with Crippen molar-refractivity contribution < 1.29 is 9.90 Å². The fourth-order valence-corrected chi connectivity index (χ4v) is 0.883. The fraction of sp³-hybridized carbons (Fsp3) is 0. The Morgan fingerprint density at radius 3 is 2.42 bits per heavy atom. The number of benzene rings is 1. The lowest BCUT2D eigenvalue weighted by Crippen LogP contribution is -1.92. The van der Waals surface area contributed by atoms with Crippen molar-refractivity contribution in [2.45, 2.75) is 0 Å². The number of carbonyl (C=O) groups is 1. The fourth-order valence-electron chi connectivity index (χ4n) is 0.757. The summed E-state index contributed by atoms with van der Waals surface area (Å²) in [5.74, 6) is -1.11. The van der Waals surface area contributed by atoms with Crippen LogP contribution in [0.25, 0.3) is 6.08 Å². The van der Waals surface area contributed by atoms with Gasteiger partial charge in [-0.2, -0.15) is 0 Å². The van der Waals surface area contributed by atoms with Gasteiger partial charge in [-0.05, 0) is 11.6 Å². The summed E-state index contributed by atoms with van der Waals surface area (Å²) in [5.41, 5.74) is 0.782. The number of aliphatic carboxylic acids is 1. The van der Waals surface area contributed by atoms with Gasteiger partial charge in [-0.1, -0.05) is 41.9 Å². The highest BCUT2D eigenvalue weighted by Crippen LogP contribution is 2.09. The SMILES string of the molecule is O=C(O)/C(Cl)=C/c1ccccc1. The lowest BCUT2D eigenvalue weighted by Gasteiger charge is -1.91. The summed E-state index contributed by atoms with van der Waals surface area (Å²) < 4.78 is 0. The Kier molecular flexibility index (Phi) is 2.88. The third-order valence-corrected chi connectivity index (χ3v) is 1.57. The highest BCUT2D eigenvalue weighted by Gasteiger charge is 2.01. The van der Waals surface area contributed by atoms with Crippen molar-refractivity contribution in [3.63, 3.8) is 0 Å². The minimum Gasteiger partial charge on any atom is -0.477 e. The Morgan fingerprint density at radius 1 is 1.33 bits per heavy atom. The molecule has 0 heterocycles. The predicted molar refractivity (Wildman–Crippen MR) is 47.9 cm³/mol. The average molecular weight is 183 g/mol. The molecule has 0 spiro atoms. The van der Waals surface area contributed by atoms with E-state index in [1.165, 1.54) is 6.08 Å². The molecule has 1 aromatic rings. The smallest absolute Gasteiger partial charge is 0.347 e. The normalized spacial score (nSPS) is 11.2. The average Bonchev–Trinajstić information content (AvgIpc) is 2.06. The van der Waals surface area contributed by atoms with E-state index in [9.17, 15) is 4.79 Å². The zero-order chi connectivity index (χ0) is 8.97. The Balaban J connectivity index is 2.89. The summed E-state index contributed by atoms with van der Waals surface area (Å²) in [4.78, 5) is 10.3. The largest absolute Gasteiger partial charge is 0.477 e. The Hall–Kier alpha value is -1.28. The van der Waals surface area contributed by atoms with Crippen LogP contribution in [0.3, 0.4) is 0 Å². The quantitative estimate of drug-likeness (QED) is 0.713. The number of carboxylic acids is 1. The maximum atomic E-state index is 10.3. The maximum Gasteiger partial charge on any atom is 0.347 e. The molecule has 0 unspecified atom stereocenters. The molecule has 1 N–H and O–H groups in total. The zero-order valence-electron chi connectivity index (χ0n) is 6.20. The molecule has 0 aliphatic carbocycles. The van der Waals surface area contributed by atoms with Gasteiger partial charge in [0.25, 0.3) is 0 Å². The summed E-state index contributed by atoms with van der Waals surface area (Å²) >= 11 is 5.41. The van der Waals surface area contributed by atoms with Crippen LogP contribution in [0.15, 0.2) is 35.4 Å². The van der Waals surface area contributed by atoms with E-state index in [0.29, 0.717) is 0 Å². The van der Waals surface area contributed by atoms with Crippen molar-refractivity contribution in [3.8, 4) is 0 Å². The second kappa shape index (κ2) is 3.93. The molecule has 1 aromatic carbocycles. The second-order valence-corrected chi connectivity index (χ2v) is 2.62. The summed E-state index contributed by atoms with van der Waals surface area (Å²) in [6, 6.07) is 9.05. The molecular weight excluding hydrogens is 176 g/mol. The monoisotopic (exact) mass is 182 g/mol.